The SMILES string of the molecule is N#Cc1cccc(Oc2c(F)cc(C#N)cc2F)c1. The topological polar surface area (TPSA) is 56.8 Å². The molecule has 0 saturated carbocycles. The fourth-order valence-corrected chi connectivity index (χ4v) is 1.47. The van der Waals surface area contributed by atoms with Crippen molar-refractivity contribution in [1.29, 1.82) is 10.5 Å². The maximum absolute atomic E-state index is 13.6. The lowest BCUT2D eigenvalue weighted by atomic mass is 10.2. The first kappa shape index (κ1) is 12.5. The van der Waals surface area contributed by atoms with E-state index in [0.717, 1.165) is 12.1 Å². The van der Waals surface area contributed by atoms with Gasteiger partial charge in [0.25, 0.3) is 0 Å². The molecule has 0 amide bonds. The standard InChI is InChI=1S/C14H6F2N2O/c15-12-5-10(8-18)6-13(16)14(12)19-11-3-1-2-9(4-11)7-17/h1-6H. The molecule has 5 heteroatoms. The van der Waals surface area contributed by atoms with Gasteiger partial charge in [-0.15, -0.1) is 0 Å². The van der Waals surface area contributed by atoms with Gasteiger partial charge in [-0.25, -0.2) is 8.78 Å². The highest BCUT2D eigenvalue weighted by atomic mass is 19.1. The van der Waals surface area contributed by atoms with Crippen molar-refractivity contribution in [3.63, 3.8) is 0 Å². The van der Waals surface area contributed by atoms with Crippen LogP contribution in [0.3, 0.4) is 0 Å². The molecule has 0 unspecified atom stereocenters. The van der Waals surface area contributed by atoms with Crippen LogP contribution in [0, 0.1) is 34.3 Å². The van der Waals surface area contributed by atoms with E-state index in [4.69, 9.17) is 15.3 Å². The van der Waals surface area contributed by atoms with E-state index in [1.807, 2.05) is 6.07 Å². The third-order valence-corrected chi connectivity index (χ3v) is 2.31. The quantitative estimate of drug-likeness (QED) is 0.826. The van der Waals surface area contributed by atoms with E-state index >= 15 is 0 Å². The van der Waals surface area contributed by atoms with Gasteiger partial charge in [0, 0.05) is 0 Å². The van der Waals surface area contributed by atoms with Crippen LogP contribution < -0.4 is 4.74 Å². The summed E-state index contributed by atoms with van der Waals surface area (Å²) in [5.41, 5.74) is 0.181. The molecule has 0 N–H and O–H groups in total. The summed E-state index contributed by atoms with van der Waals surface area (Å²) in [5, 5.41) is 17.3. The van der Waals surface area contributed by atoms with Crippen LogP contribution in [0.5, 0.6) is 11.5 Å². The number of halogens is 2. The van der Waals surface area contributed by atoms with Crippen LogP contribution in [0.4, 0.5) is 8.78 Å². The van der Waals surface area contributed by atoms with Crippen molar-refractivity contribution in [2.24, 2.45) is 0 Å². The normalized spacial score (nSPS) is 9.47. The van der Waals surface area contributed by atoms with Crippen LogP contribution in [0.15, 0.2) is 36.4 Å². The molecule has 2 aromatic carbocycles. The molecular formula is C14H6F2N2O. The van der Waals surface area contributed by atoms with Crippen molar-refractivity contribution in [2.75, 3.05) is 0 Å². The second kappa shape index (κ2) is 5.16. The lowest BCUT2D eigenvalue weighted by Gasteiger charge is -2.08. The molecule has 0 aliphatic carbocycles. The lowest BCUT2D eigenvalue weighted by molar-refractivity contribution is 0.407. The lowest BCUT2D eigenvalue weighted by Crippen LogP contribution is -1.94. The number of hydrogen-bond donors (Lipinski definition) is 0. The minimum absolute atomic E-state index is 0.131. The van der Waals surface area contributed by atoms with Crippen molar-refractivity contribution in [3.8, 4) is 23.6 Å². The summed E-state index contributed by atoms with van der Waals surface area (Å²) >= 11 is 0. The minimum Gasteiger partial charge on any atom is -0.451 e. The molecule has 92 valence electrons. The largest absolute Gasteiger partial charge is 0.451 e. The summed E-state index contributed by atoms with van der Waals surface area (Å²) in [6.45, 7) is 0. The van der Waals surface area contributed by atoms with Crippen molar-refractivity contribution >= 4 is 0 Å². The Bertz CT molecular complexity index is 691. The van der Waals surface area contributed by atoms with Gasteiger partial charge in [0.05, 0.1) is 23.3 Å². The van der Waals surface area contributed by atoms with Gasteiger partial charge in [0.1, 0.15) is 5.75 Å². The third-order valence-electron chi connectivity index (χ3n) is 2.31. The molecule has 2 rings (SSSR count). The van der Waals surface area contributed by atoms with Crippen LogP contribution >= 0.6 is 0 Å². The first-order valence-corrected chi connectivity index (χ1v) is 5.21. The van der Waals surface area contributed by atoms with Crippen LogP contribution in [0.25, 0.3) is 0 Å². The second-order valence-corrected chi connectivity index (χ2v) is 3.62. The number of rotatable bonds is 2. The number of ether oxygens (including phenoxy) is 1. The fraction of sp³-hybridized carbons (Fsp3) is 0. The van der Waals surface area contributed by atoms with Gasteiger partial charge < -0.3 is 4.74 Å². The predicted molar refractivity (Wildman–Crippen MR) is 62.3 cm³/mol. The third kappa shape index (κ3) is 2.67. The van der Waals surface area contributed by atoms with Crippen LogP contribution in [-0.2, 0) is 0 Å². The van der Waals surface area contributed by atoms with E-state index in [9.17, 15) is 8.78 Å². The van der Waals surface area contributed by atoms with Crippen LogP contribution in [0.1, 0.15) is 11.1 Å². The van der Waals surface area contributed by atoms with Gasteiger partial charge in [-0.2, -0.15) is 10.5 Å². The number of nitrogens with zero attached hydrogens (tertiary/aromatic N) is 2. The van der Waals surface area contributed by atoms with E-state index in [-0.39, 0.29) is 11.3 Å². The summed E-state index contributed by atoms with van der Waals surface area (Å²) in [5.74, 6) is -2.41. The summed E-state index contributed by atoms with van der Waals surface area (Å²) < 4.78 is 32.2. The molecule has 0 spiro atoms. The van der Waals surface area contributed by atoms with Gasteiger partial charge in [0.15, 0.2) is 17.4 Å². The molecule has 0 radical (unpaired) electrons. The van der Waals surface area contributed by atoms with Gasteiger partial charge in [-0.1, -0.05) is 6.07 Å². The molecule has 2 aromatic rings. The molecule has 3 nitrogen and oxygen atoms in total. The Balaban J connectivity index is 2.39. The van der Waals surface area contributed by atoms with Crippen LogP contribution in [-0.4, -0.2) is 0 Å². The maximum atomic E-state index is 13.6. The van der Waals surface area contributed by atoms with E-state index in [1.54, 1.807) is 12.1 Å². The Labute approximate surface area is 107 Å². The monoisotopic (exact) mass is 256 g/mol. The zero-order valence-corrected chi connectivity index (χ0v) is 9.52. The van der Waals surface area contributed by atoms with Gasteiger partial charge in [-0.05, 0) is 30.3 Å². The van der Waals surface area contributed by atoms with Crippen molar-refractivity contribution < 1.29 is 13.5 Å². The number of hydrogen-bond acceptors (Lipinski definition) is 3. The van der Waals surface area contributed by atoms with E-state index in [1.165, 1.54) is 18.2 Å². The van der Waals surface area contributed by atoms with E-state index in [0.29, 0.717) is 5.56 Å². The molecule has 0 saturated heterocycles. The summed E-state index contributed by atoms with van der Waals surface area (Å²) in [6.07, 6.45) is 0. The first-order chi connectivity index (χ1) is 9.13. The molecule has 0 aromatic heterocycles. The smallest absolute Gasteiger partial charge is 0.198 e. The first-order valence-electron chi connectivity index (χ1n) is 5.21. The highest BCUT2D eigenvalue weighted by molar-refractivity contribution is 5.42. The van der Waals surface area contributed by atoms with Gasteiger partial charge in [-0.3, -0.25) is 0 Å². The molecule has 0 aliphatic heterocycles. The zero-order chi connectivity index (χ0) is 13.8. The van der Waals surface area contributed by atoms with Gasteiger partial charge in [0.2, 0.25) is 0 Å². The Morgan fingerprint density at radius 3 is 2.11 bits per heavy atom. The van der Waals surface area contributed by atoms with Gasteiger partial charge >= 0.3 is 0 Å². The second-order valence-electron chi connectivity index (χ2n) is 3.62. The van der Waals surface area contributed by atoms with E-state index in [2.05, 4.69) is 0 Å². The average Bonchev–Trinajstić information content (AvgIpc) is 2.42. The molecule has 0 atom stereocenters. The Hall–Kier alpha value is -2.92. The fourth-order valence-electron chi connectivity index (χ4n) is 1.47. The average molecular weight is 256 g/mol. The minimum atomic E-state index is -0.973. The Morgan fingerprint density at radius 2 is 1.53 bits per heavy atom. The zero-order valence-electron chi connectivity index (χ0n) is 9.52. The molecular weight excluding hydrogens is 250 g/mol. The highest BCUT2D eigenvalue weighted by Gasteiger charge is 2.13. The Morgan fingerprint density at radius 1 is 0.895 bits per heavy atom. The molecule has 0 aliphatic rings. The van der Waals surface area contributed by atoms with Crippen LogP contribution in [0.2, 0.25) is 0 Å². The summed E-state index contributed by atoms with van der Waals surface area (Å²) in [4.78, 5) is 0. The molecule has 0 fully saturated rings. The summed E-state index contributed by atoms with van der Waals surface area (Å²) in [6, 6.07) is 11.2. The summed E-state index contributed by atoms with van der Waals surface area (Å²) in [7, 11) is 0. The van der Waals surface area contributed by atoms with E-state index < -0.39 is 17.4 Å². The molecule has 19 heavy (non-hydrogen) atoms. The molecule has 0 bridgehead atoms. The van der Waals surface area contributed by atoms with Crippen molar-refractivity contribution in [3.05, 3.63) is 59.2 Å². The molecule has 0 heterocycles. The number of benzene rings is 2. The predicted octanol–water partition coefficient (Wildman–Crippen LogP) is 3.50. The Kier molecular flexibility index (Phi) is 3.40. The highest BCUT2D eigenvalue weighted by Crippen LogP contribution is 2.28. The number of nitriles is 2. The van der Waals surface area contributed by atoms with Crippen molar-refractivity contribution in [2.45, 2.75) is 0 Å². The maximum Gasteiger partial charge on any atom is 0.198 e. The van der Waals surface area contributed by atoms with Crippen molar-refractivity contribution in [1.82, 2.24) is 0 Å².